The van der Waals surface area contributed by atoms with Crippen LogP contribution in [0.3, 0.4) is 0 Å². The molecule has 0 radical (unpaired) electrons. The molecule has 0 N–H and O–H groups in total. The van der Waals surface area contributed by atoms with E-state index in [4.69, 9.17) is 4.74 Å². The molecular formula is C22H31N3O2. The summed E-state index contributed by atoms with van der Waals surface area (Å²) < 4.78 is 6.20. The highest BCUT2D eigenvalue weighted by Gasteiger charge is 2.38. The van der Waals surface area contributed by atoms with Gasteiger partial charge in [0.1, 0.15) is 0 Å². The maximum Gasteiger partial charge on any atom is 0.254 e. The summed E-state index contributed by atoms with van der Waals surface area (Å²) in [6, 6.07) is 6.75. The first kappa shape index (κ1) is 19.9. The minimum atomic E-state index is 0.0244. The average Bonchev–Trinajstić information content (AvgIpc) is 2.68. The van der Waals surface area contributed by atoms with E-state index < -0.39 is 0 Å². The summed E-state index contributed by atoms with van der Waals surface area (Å²) in [6.07, 6.45) is 3.51. The Balaban J connectivity index is 2.01. The lowest BCUT2D eigenvalue weighted by atomic mass is 9.81. The number of benzene rings is 1. The van der Waals surface area contributed by atoms with E-state index in [2.05, 4.69) is 24.0 Å². The van der Waals surface area contributed by atoms with Crippen LogP contribution in [-0.4, -0.2) is 54.5 Å². The summed E-state index contributed by atoms with van der Waals surface area (Å²) in [5.74, 6) is 0.0244. The van der Waals surface area contributed by atoms with Gasteiger partial charge in [-0.3, -0.25) is 9.69 Å². The van der Waals surface area contributed by atoms with E-state index in [1.807, 2.05) is 24.8 Å². The molecule has 1 aromatic carbocycles. The van der Waals surface area contributed by atoms with Crippen LogP contribution in [0.25, 0.3) is 0 Å². The van der Waals surface area contributed by atoms with Crippen molar-refractivity contribution in [1.29, 1.82) is 5.26 Å². The quantitative estimate of drug-likeness (QED) is 0.772. The lowest BCUT2D eigenvalue weighted by Gasteiger charge is -2.45. The molecule has 0 bridgehead atoms. The van der Waals surface area contributed by atoms with Gasteiger partial charge in [-0.05, 0) is 62.4 Å². The first-order valence-electron chi connectivity index (χ1n) is 10.3. The van der Waals surface area contributed by atoms with E-state index in [9.17, 15) is 10.1 Å². The van der Waals surface area contributed by atoms with Gasteiger partial charge in [0.25, 0.3) is 5.91 Å². The van der Waals surface area contributed by atoms with Gasteiger partial charge >= 0.3 is 0 Å². The molecule has 146 valence electrons. The van der Waals surface area contributed by atoms with Gasteiger partial charge in [-0.2, -0.15) is 5.26 Å². The molecule has 2 aliphatic rings. The number of carbonyl (C=O) groups excluding carboxylic acids is 1. The predicted octanol–water partition coefficient (Wildman–Crippen LogP) is 3.33. The van der Waals surface area contributed by atoms with Crippen LogP contribution >= 0.6 is 0 Å². The van der Waals surface area contributed by atoms with Crippen molar-refractivity contribution in [3.63, 3.8) is 0 Å². The summed E-state index contributed by atoms with van der Waals surface area (Å²) in [4.78, 5) is 17.5. The van der Waals surface area contributed by atoms with Gasteiger partial charge in [0.15, 0.2) is 0 Å². The maximum absolute atomic E-state index is 13.1. The number of morpholine rings is 1. The van der Waals surface area contributed by atoms with Gasteiger partial charge in [-0.1, -0.05) is 13.0 Å². The Hall–Kier alpha value is -1.90. The predicted molar refractivity (Wildman–Crippen MR) is 106 cm³/mol. The molecule has 1 heterocycles. The third-order valence-electron chi connectivity index (χ3n) is 5.94. The zero-order valence-corrected chi connectivity index (χ0v) is 16.8. The van der Waals surface area contributed by atoms with Gasteiger partial charge in [0, 0.05) is 31.2 Å². The molecule has 2 atom stereocenters. The molecule has 1 aliphatic heterocycles. The lowest BCUT2D eigenvalue weighted by Crippen LogP contribution is -2.49. The fourth-order valence-electron chi connectivity index (χ4n) is 4.57. The fourth-order valence-corrected chi connectivity index (χ4v) is 4.57. The number of hydrogen-bond donors (Lipinski definition) is 0. The van der Waals surface area contributed by atoms with Gasteiger partial charge in [-0.15, -0.1) is 0 Å². The molecular weight excluding hydrogens is 338 g/mol. The lowest BCUT2D eigenvalue weighted by molar-refractivity contribution is -0.0801. The maximum atomic E-state index is 13.1. The summed E-state index contributed by atoms with van der Waals surface area (Å²) in [5, 5.41) is 9.26. The van der Waals surface area contributed by atoms with E-state index in [0.717, 1.165) is 50.1 Å². The summed E-state index contributed by atoms with van der Waals surface area (Å²) >= 11 is 0. The van der Waals surface area contributed by atoms with Crippen LogP contribution in [0.2, 0.25) is 0 Å². The zero-order chi connectivity index (χ0) is 19.4. The molecule has 27 heavy (non-hydrogen) atoms. The molecule has 5 nitrogen and oxygen atoms in total. The molecule has 3 rings (SSSR count). The van der Waals surface area contributed by atoms with Crippen LogP contribution < -0.4 is 0 Å². The standard InChI is InChI=1S/C22H31N3O2/c1-4-11-25-12-13-27-21-18-15-19(22(26)24(5-2)6-3)17(9-10-23)14-16(18)7-8-20(21)25/h14-15,20-21H,4-9,11-13H2,1-3H3/t20-,21-/m1/s1. The Kier molecular flexibility index (Phi) is 6.51. The minimum Gasteiger partial charge on any atom is -0.371 e. The number of rotatable bonds is 6. The van der Waals surface area contributed by atoms with E-state index in [0.29, 0.717) is 24.7 Å². The second kappa shape index (κ2) is 8.86. The molecule has 0 saturated carbocycles. The Morgan fingerprint density at radius 1 is 1.33 bits per heavy atom. The van der Waals surface area contributed by atoms with E-state index in [1.54, 1.807) is 0 Å². The molecule has 0 aromatic heterocycles. The first-order valence-corrected chi connectivity index (χ1v) is 10.3. The third-order valence-corrected chi connectivity index (χ3v) is 5.94. The van der Waals surface area contributed by atoms with Gasteiger partial charge in [0.2, 0.25) is 0 Å². The molecule has 1 fully saturated rings. The topological polar surface area (TPSA) is 56.6 Å². The molecule has 1 aliphatic carbocycles. The van der Waals surface area contributed by atoms with Gasteiger partial charge < -0.3 is 9.64 Å². The fraction of sp³-hybridized carbons (Fsp3) is 0.636. The molecule has 1 aromatic rings. The van der Waals surface area contributed by atoms with E-state index in [1.165, 1.54) is 5.56 Å². The van der Waals surface area contributed by atoms with Crippen LogP contribution in [0.4, 0.5) is 0 Å². The summed E-state index contributed by atoms with van der Waals surface area (Å²) in [7, 11) is 0. The number of fused-ring (bicyclic) bond motifs is 3. The van der Waals surface area contributed by atoms with Crippen molar-refractivity contribution in [2.45, 2.75) is 58.6 Å². The number of nitriles is 1. The second-order valence-electron chi connectivity index (χ2n) is 7.45. The van der Waals surface area contributed by atoms with Crippen LogP contribution in [0.1, 0.15) is 66.8 Å². The largest absolute Gasteiger partial charge is 0.371 e. The Labute approximate surface area is 162 Å². The SMILES string of the molecule is CCCN1CCO[C@@H]2c3cc(C(=O)N(CC)CC)c(CC#N)cc3CC[C@H]21. The monoisotopic (exact) mass is 369 g/mol. The average molecular weight is 370 g/mol. The second-order valence-corrected chi connectivity index (χ2v) is 7.45. The molecule has 1 amide bonds. The Morgan fingerprint density at radius 3 is 2.78 bits per heavy atom. The summed E-state index contributed by atoms with van der Waals surface area (Å²) in [6.45, 7) is 10.4. The van der Waals surface area contributed by atoms with Crippen molar-refractivity contribution < 1.29 is 9.53 Å². The van der Waals surface area contributed by atoms with E-state index in [-0.39, 0.29) is 18.4 Å². The van der Waals surface area contributed by atoms with Crippen LogP contribution in [0.5, 0.6) is 0 Å². The molecule has 5 heteroatoms. The first-order chi connectivity index (χ1) is 13.1. The van der Waals surface area contributed by atoms with Crippen LogP contribution in [0, 0.1) is 11.3 Å². The summed E-state index contributed by atoms with van der Waals surface area (Å²) in [5.41, 5.74) is 3.93. The Bertz CT molecular complexity index is 719. The van der Waals surface area contributed by atoms with Crippen molar-refractivity contribution in [2.75, 3.05) is 32.8 Å². The number of ether oxygens (including phenoxy) is 1. The van der Waals surface area contributed by atoms with Crippen LogP contribution in [0.15, 0.2) is 12.1 Å². The number of carbonyl (C=O) groups is 1. The minimum absolute atomic E-state index is 0.0244. The smallest absolute Gasteiger partial charge is 0.254 e. The number of aryl methyl sites for hydroxylation is 1. The van der Waals surface area contributed by atoms with Crippen molar-refractivity contribution in [1.82, 2.24) is 9.80 Å². The van der Waals surface area contributed by atoms with Crippen molar-refractivity contribution >= 4 is 5.91 Å². The van der Waals surface area contributed by atoms with E-state index >= 15 is 0 Å². The molecule has 0 unspecified atom stereocenters. The Morgan fingerprint density at radius 2 is 2.11 bits per heavy atom. The molecule has 0 spiro atoms. The normalized spacial score (nSPS) is 21.9. The highest BCUT2D eigenvalue weighted by atomic mass is 16.5. The van der Waals surface area contributed by atoms with Crippen LogP contribution in [-0.2, 0) is 17.6 Å². The van der Waals surface area contributed by atoms with Crippen molar-refractivity contribution in [3.8, 4) is 6.07 Å². The zero-order valence-electron chi connectivity index (χ0n) is 16.8. The van der Waals surface area contributed by atoms with Gasteiger partial charge in [-0.25, -0.2) is 0 Å². The highest BCUT2D eigenvalue weighted by Crippen LogP contribution is 2.39. The molecule has 1 saturated heterocycles. The van der Waals surface area contributed by atoms with Crippen molar-refractivity contribution in [2.24, 2.45) is 0 Å². The number of hydrogen-bond acceptors (Lipinski definition) is 4. The van der Waals surface area contributed by atoms with Gasteiger partial charge in [0.05, 0.1) is 25.2 Å². The number of nitrogens with zero attached hydrogens (tertiary/aromatic N) is 3. The number of amides is 1. The highest BCUT2D eigenvalue weighted by molar-refractivity contribution is 5.96. The third kappa shape index (κ3) is 3.88. The van der Waals surface area contributed by atoms with Crippen molar-refractivity contribution in [3.05, 3.63) is 34.4 Å².